The van der Waals surface area contributed by atoms with Crippen molar-refractivity contribution in [2.24, 2.45) is 13.0 Å². The number of rotatable bonds is 5. The minimum Gasteiger partial charge on any atom is -0.339 e. The van der Waals surface area contributed by atoms with Crippen LogP contribution in [0.1, 0.15) is 17.0 Å². The van der Waals surface area contributed by atoms with Gasteiger partial charge in [-0.05, 0) is 29.8 Å². The van der Waals surface area contributed by atoms with Gasteiger partial charge in [0.2, 0.25) is 5.91 Å². The number of hydrogen-bond acceptors (Lipinski definition) is 5. The molecule has 1 aliphatic heterocycles. The van der Waals surface area contributed by atoms with Crippen molar-refractivity contribution in [1.29, 1.82) is 0 Å². The fraction of sp³-hybridized carbons (Fsp3) is 0.286. The lowest BCUT2D eigenvalue weighted by molar-refractivity contribution is -0.137. The Morgan fingerprint density at radius 3 is 2.44 bits per heavy atom. The molecule has 0 bridgehead atoms. The number of aromatic nitrogens is 3. The van der Waals surface area contributed by atoms with Gasteiger partial charge in [0.1, 0.15) is 11.6 Å². The number of nitrogens with one attached hydrogen (secondary N) is 1. The molecule has 1 fully saturated rings. The first-order chi connectivity index (χ1) is 15.9. The predicted octanol–water partition coefficient (Wildman–Crippen LogP) is 3.02. The molecule has 8 nitrogen and oxygen atoms in total. The summed E-state index contributed by atoms with van der Waals surface area (Å²) in [5.74, 6) is -3.18. The molecule has 0 radical (unpaired) electrons. The third-order valence-corrected chi connectivity index (χ3v) is 7.26. The van der Waals surface area contributed by atoms with E-state index in [9.17, 15) is 30.8 Å². The summed E-state index contributed by atoms with van der Waals surface area (Å²) < 4.78 is 81.2. The summed E-state index contributed by atoms with van der Waals surface area (Å²) in [6, 6.07) is 6.73. The van der Waals surface area contributed by atoms with Gasteiger partial charge in [-0.3, -0.25) is 4.79 Å². The summed E-state index contributed by atoms with van der Waals surface area (Å²) in [7, 11) is -2.44. The Labute approximate surface area is 192 Å². The van der Waals surface area contributed by atoms with Crippen molar-refractivity contribution in [3.05, 3.63) is 72.1 Å². The van der Waals surface area contributed by atoms with Gasteiger partial charge in [0.25, 0.3) is 10.0 Å². The van der Waals surface area contributed by atoms with Gasteiger partial charge in [0, 0.05) is 38.4 Å². The zero-order valence-electron chi connectivity index (χ0n) is 17.7. The smallest absolute Gasteiger partial charge is 0.339 e. The maximum atomic E-state index is 13.4. The number of anilines is 1. The largest absolute Gasteiger partial charge is 0.416 e. The van der Waals surface area contributed by atoms with Crippen LogP contribution in [0.25, 0.3) is 0 Å². The molecular weight excluding hydrogens is 478 g/mol. The number of hydrogen-bond donors (Lipinski definition) is 1. The second kappa shape index (κ2) is 8.80. The van der Waals surface area contributed by atoms with Gasteiger partial charge in [-0.25, -0.2) is 22.8 Å². The fourth-order valence-corrected chi connectivity index (χ4v) is 5.28. The van der Waals surface area contributed by atoms with Crippen molar-refractivity contribution in [3.63, 3.8) is 0 Å². The summed E-state index contributed by atoms with van der Waals surface area (Å²) in [6.07, 6.45) is -1.06. The Balaban J connectivity index is 1.64. The third-order valence-electron chi connectivity index (χ3n) is 5.55. The molecule has 2 atom stereocenters. The van der Waals surface area contributed by atoms with Gasteiger partial charge in [-0.2, -0.15) is 17.5 Å². The first kappa shape index (κ1) is 23.8. The Morgan fingerprint density at radius 1 is 1.12 bits per heavy atom. The Hall–Kier alpha value is -3.32. The molecular formula is C21H19F4N5O3S. The quantitative estimate of drug-likeness (QED) is 0.547. The van der Waals surface area contributed by atoms with Crippen molar-refractivity contribution in [2.75, 3.05) is 18.4 Å². The van der Waals surface area contributed by atoms with Crippen LogP contribution in [0.3, 0.4) is 0 Å². The highest BCUT2D eigenvalue weighted by atomic mass is 32.2. The molecule has 1 aliphatic rings. The van der Waals surface area contributed by atoms with Gasteiger partial charge in [-0.15, -0.1) is 0 Å². The van der Waals surface area contributed by atoms with Crippen LogP contribution in [0.4, 0.5) is 23.4 Å². The van der Waals surface area contributed by atoms with Crippen molar-refractivity contribution < 1.29 is 30.8 Å². The van der Waals surface area contributed by atoms with E-state index < -0.39 is 45.3 Å². The van der Waals surface area contributed by atoms with Crippen molar-refractivity contribution in [3.8, 4) is 0 Å². The highest BCUT2D eigenvalue weighted by Crippen LogP contribution is 2.37. The number of carbonyl (C=O) groups is 1. The molecule has 0 unspecified atom stereocenters. The molecule has 0 saturated carbocycles. The van der Waals surface area contributed by atoms with E-state index in [1.165, 1.54) is 41.4 Å². The molecule has 180 valence electrons. The van der Waals surface area contributed by atoms with Crippen LogP contribution >= 0.6 is 0 Å². The van der Waals surface area contributed by atoms with Gasteiger partial charge in [-0.1, -0.05) is 12.1 Å². The number of nitrogens with zero attached hydrogens (tertiary/aromatic N) is 4. The highest BCUT2D eigenvalue weighted by molar-refractivity contribution is 7.89. The Kier molecular flexibility index (Phi) is 6.16. The van der Waals surface area contributed by atoms with Crippen molar-refractivity contribution in [1.82, 2.24) is 18.8 Å². The number of aryl methyl sites for hydroxylation is 1. The zero-order valence-corrected chi connectivity index (χ0v) is 18.5. The molecule has 1 N–H and O–H groups in total. The number of sulfonamides is 1. The van der Waals surface area contributed by atoms with E-state index >= 15 is 0 Å². The topological polar surface area (TPSA) is 97.2 Å². The second-order valence-electron chi connectivity index (χ2n) is 7.88. The van der Waals surface area contributed by atoms with Gasteiger partial charge in [0.15, 0.2) is 5.03 Å². The highest BCUT2D eigenvalue weighted by Gasteiger charge is 2.44. The number of halogens is 4. The first-order valence-corrected chi connectivity index (χ1v) is 11.5. The molecule has 13 heteroatoms. The molecule has 3 aromatic rings. The van der Waals surface area contributed by atoms with Crippen LogP contribution in [-0.2, 0) is 28.0 Å². The Bertz CT molecular complexity index is 1310. The summed E-state index contributed by atoms with van der Waals surface area (Å²) in [5, 5.41) is 2.16. The SMILES string of the molecule is Cn1cnc(S(=O)(=O)N2C[C@@H](C(=O)Nc3cc(C(F)(F)F)ccn3)[C@H](c3ccc(F)cc3)C2)c1. The summed E-state index contributed by atoms with van der Waals surface area (Å²) in [4.78, 5) is 20.7. The molecule has 34 heavy (non-hydrogen) atoms. The predicted molar refractivity (Wildman–Crippen MR) is 112 cm³/mol. The standard InChI is InChI=1S/C21H19F4N5O3S/c1-29-11-19(27-12-29)34(32,33)30-9-16(13-2-4-15(22)5-3-13)17(10-30)20(31)28-18-8-14(6-7-26-18)21(23,24)25/h2-8,11-12,16-17H,9-10H2,1H3,(H,26,28,31)/t16-,17+/m0/s1. The zero-order chi connectivity index (χ0) is 24.7. The number of carbonyl (C=O) groups excluding carboxylic acids is 1. The van der Waals surface area contributed by atoms with E-state index in [0.717, 1.165) is 16.6 Å². The number of pyridine rings is 1. The molecule has 1 saturated heterocycles. The molecule has 1 amide bonds. The van der Waals surface area contributed by atoms with Gasteiger partial charge in [0.05, 0.1) is 17.8 Å². The molecule has 1 aromatic carbocycles. The van der Waals surface area contributed by atoms with E-state index in [-0.39, 0.29) is 23.9 Å². The van der Waals surface area contributed by atoms with E-state index in [0.29, 0.717) is 11.6 Å². The van der Waals surface area contributed by atoms with E-state index in [2.05, 4.69) is 15.3 Å². The van der Waals surface area contributed by atoms with Crippen LogP contribution in [0.5, 0.6) is 0 Å². The summed E-state index contributed by atoms with van der Waals surface area (Å²) in [5.41, 5.74) is -0.476. The maximum absolute atomic E-state index is 13.4. The molecule has 0 aliphatic carbocycles. The number of imidazole rings is 1. The molecule has 3 heterocycles. The second-order valence-corrected chi connectivity index (χ2v) is 9.77. The van der Waals surface area contributed by atoms with Crippen LogP contribution in [0.15, 0.2) is 60.1 Å². The van der Waals surface area contributed by atoms with Crippen LogP contribution < -0.4 is 5.32 Å². The van der Waals surface area contributed by atoms with Gasteiger partial charge >= 0.3 is 6.18 Å². The third kappa shape index (κ3) is 4.80. The number of amides is 1. The lowest BCUT2D eigenvalue weighted by Gasteiger charge is -2.18. The lowest BCUT2D eigenvalue weighted by Crippen LogP contribution is -2.32. The average Bonchev–Trinajstić information content (AvgIpc) is 3.41. The minimum atomic E-state index is -4.63. The average molecular weight is 497 g/mol. The molecule has 4 rings (SSSR count). The Morgan fingerprint density at radius 2 is 1.82 bits per heavy atom. The van der Waals surface area contributed by atoms with Crippen LogP contribution in [0.2, 0.25) is 0 Å². The van der Waals surface area contributed by atoms with Gasteiger partial charge < -0.3 is 9.88 Å². The molecule has 2 aromatic heterocycles. The van der Waals surface area contributed by atoms with Crippen LogP contribution in [-0.4, -0.2) is 46.3 Å². The number of alkyl halides is 3. The van der Waals surface area contributed by atoms with E-state index in [1.807, 2.05) is 0 Å². The lowest BCUT2D eigenvalue weighted by atomic mass is 9.88. The van der Waals surface area contributed by atoms with E-state index in [1.54, 1.807) is 7.05 Å². The van der Waals surface area contributed by atoms with Crippen molar-refractivity contribution >= 4 is 21.7 Å². The minimum absolute atomic E-state index is 0.0986. The number of benzene rings is 1. The van der Waals surface area contributed by atoms with Crippen LogP contribution in [0, 0.1) is 11.7 Å². The van der Waals surface area contributed by atoms with E-state index in [4.69, 9.17) is 0 Å². The maximum Gasteiger partial charge on any atom is 0.416 e. The first-order valence-electron chi connectivity index (χ1n) is 10.0. The summed E-state index contributed by atoms with van der Waals surface area (Å²) >= 11 is 0. The molecule has 0 spiro atoms. The normalized spacial score (nSPS) is 19.3. The van der Waals surface area contributed by atoms with Crippen molar-refractivity contribution in [2.45, 2.75) is 17.1 Å². The summed E-state index contributed by atoms with van der Waals surface area (Å²) in [6.45, 7) is -0.343. The monoisotopic (exact) mass is 497 g/mol. The fourth-order valence-electron chi connectivity index (χ4n) is 3.83.